The quantitative estimate of drug-likeness (QED) is 0.566. The van der Waals surface area contributed by atoms with Crippen molar-refractivity contribution in [1.82, 2.24) is 0 Å². The Morgan fingerprint density at radius 3 is 1.36 bits per heavy atom. The second kappa shape index (κ2) is 7.43. The van der Waals surface area contributed by atoms with Crippen LogP contribution in [0.25, 0.3) is 0 Å². The second-order valence-electron chi connectivity index (χ2n) is 5.60. The van der Waals surface area contributed by atoms with Gasteiger partial charge in [0.2, 0.25) is 0 Å². The number of aliphatic carboxylic acids is 1. The Bertz CT molecular complexity index is 778. The van der Waals surface area contributed by atoms with Crippen molar-refractivity contribution in [2.75, 3.05) is 0 Å². The van der Waals surface area contributed by atoms with Crippen LogP contribution in [0.4, 0.5) is 0 Å². The molecule has 124 valence electrons. The summed E-state index contributed by atoms with van der Waals surface area (Å²) in [6.45, 7) is 0. The van der Waals surface area contributed by atoms with E-state index in [9.17, 15) is 14.8 Å². The Labute approximate surface area is 147 Å². The number of benzene rings is 3. The predicted molar refractivity (Wildman–Crippen MR) is 99.8 cm³/mol. The SMILES string of the molecule is O=C(O)/C=[P+](\[O-])C(c1ccccc1)(c1ccccc1)c1ccccc1. The summed E-state index contributed by atoms with van der Waals surface area (Å²) >= 11 is 0. The van der Waals surface area contributed by atoms with Gasteiger partial charge in [-0.2, -0.15) is 0 Å². The molecule has 0 saturated carbocycles. The van der Waals surface area contributed by atoms with Crippen molar-refractivity contribution < 1.29 is 14.8 Å². The average Bonchev–Trinajstić information content (AvgIpc) is 2.64. The first-order chi connectivity index (χ1) is 12.2. The molecule has 0 aliphatic heterocycles. The fraction of sp³-hybridized carbons (Fsp3) is 0.0476. The molecule has 3 aromatic rings. The Hall–Kier alpha value is -2.74. The molecule has 0 bridgehead atoms. The summed E-state index contributed by atoms with van der Waals surface area (Å²) in [5.41, 5.74) is 2.39. The summed E-state index contributed by atoms with van der Waals surface area (Å²) in [7, 11) is -2.27. The largest absolute Gasteiger partial charge is 0.629 e. The van der Waals surface area contributed by atoms with E-state index in [1.54, 1.807) is 0 Å². The molecule has 1 N–H and O–H groups in total. The van der Waals surface area contributed by atoms with Crippen molar-refractivity contribution in [1.29, 1.82) is 0 Å². The smallest absolute Gasteiger partial charge is 0.370 e. The molecule has 0 spiro atoms. The highest BCUT2D eigenvalue weighted by Gasteiger charge is 2.45. The maximum absolute atomic E-state index is 13.4. The molecular formula is C21H17O3P. The molecule has 1 atom stereocenters. The molecule has 3 rings (SSSR count). The molecule has 0 amide bonds. The lowest BCUT2D eigenvalue weighted by atomic mass is 9.84. The summed E-state index contributed by atoms with van der Waals surface area (Å²) < 4.78 is 0. The fourth-order valence-electron chi connectivity index (χ4n) is 3.12. The van der Waals surface area contributed by atoms with Crippen LogP contribution in [0.2, 0.25) is 0 Å². The summed E-state index contributed by atoms with van der Waals surface area (Å²) in [6.07, 6.45) is 0. The monoisotopic (exact) mass is 348 g/mol. The average molecular weight is 348 g/mol. The van der Waals surface area contributed by atoms with Gasteiger partial charge in [0.1, 0.15) is 0 Å². The summed E-state index contributed by atoms with van der Waals surface area (Å²) in [5, 5.41) is 8.19. The molecule has 0 saturated heterocycles. The van der Waals surface area contributed by atoms with Crippen LogP contribution >= 0.6 is 7.77 Å². The third-order valence-corrected chi connectivity index (χ3v) is 6.02. The van der Waals surface area contributed by atoms with Crippen LogP contribution in [0.15, 0.2) is 91.0 Å². The van der Waals surface area contributed by atoms with Crippen LogP contribution in [-0.2, 0) is 9.95 Å². The Kier molecular flexibility index (Phi) is 5.08. The van der Waals surface area contributed by atoms with Crippen LogP contribution in [0, 0.1) is 0 Å². The van der Waals surface area contributed by atoms with Crippen LogP contribution in [0.3, 0.4) is 0 Å². The van der Waals surface area contributed by atoms with Crippen LogP contribution in [-0.4, -0.2) is 16.9 Å². The van der Waals surface area contributed by atoms with E-state index >= 15 is 0 Å². The molecule has 0 aliphatic rings. The van der Waals surface area contributed by atoms with Crippen molar-refractivity contribution >= 4 is 19.5 Å². The van der Waals surface area contributed by atoms with Gasteiger partial charge < -0.3 is 10.00 Å². The van der Waals surface area contributed by atoms with Gasteiger partial charge in [-0.1, -0.05) is 91.0 Å². The van der Waals surface area contributed by atoms with Gasteiger partial charge in [-0.15, -0.1) is 0 Å². The van der Waals surface area contributed by atoms with Gasteiger partial charge in [-0.25, -0.2) is 4.79 Å². The lowest BCUT2D eigenvalue weighted by Gasteiger charge is -2.31. The van der Waals surface area contributed by atoms with Gasteiger partial charge in [0.15, 0.2) is 11.0 Å². The highest BCUT2D eigenvalue weighted by atomic mass is 31.1. The number of carboxylic acid groups (broad SMARTS) is 1. The highest BCUT2D eigenvalue weighted by molar-refractivity contribution is 7.53. The molecule has 1 unspecified atom stereocenters. The molecule has 3 aromatic carbocycles. The molecule has 0 fully saturated rings. The van der Waals surface area contributed by atoms with E-state index in [-0.39, 0.29) is 0 Å². The maximum atomic E-state index is 13.4. The maximum Gasteiger partial charge on any atom is 0.370 e. The van der Waals surface area contributed by atoms with Gasteiger partial charge in [0.05, 0.1) is 7.77 Å². The van der Waals surface area contributed by atoms with Crippen molar-refractivity contribution in [3.63, 3.8) is 0 Å². The fourth-order valence-corrected chi connectivity index (χ4v) is 4.72. The van der Waals surface area contributed by atoms with Crippen molar-refractivity contribution in [3.05, 3.63) is 108 Å². The zero-order valence-corrected chi connectivity index (χ0v) is 14.3. The minimum absolute atomic E-state index is 0.797. The van der Waals surface area contributed by atoms with E-state index in [1.165, 1.54) is 0 Å². The predicted octanol–water partition coefficient (Wildman–Crippen LogP) is 3.62. The zero-order valence-electron chi connectivity index (χ0n) is 13.4. The third kappa shape index (κ3) is 3.25. The first-order valence-corrected chi connectivity index (χ1v) is 9.19. The Balaban J connectivity index is 2.42. The van der Waals surface area contributed by atoms with Crippen LogP contribution in [0.1, 0.15) is 16.7 Å². The normalized spacial score (nSPS) is 12.0. The van der Waals surface area contributed by atoms with Crippen LogP contribution in [0.5, 0.6) is 0 Å². The Morgan fingerprint density at radius 2 is 1.08 bits per heavy atom. The molecular weight excluding hydrogens is 331 g/mol. The molecule has 0 aliphatic carbocycles. The summed E-state index contributed by atoms with van der Waals surface area (Å²) in [6, 6.07) is 28.3. The minimum Gasteiger partial charge on any atom is -0.629 e. The van der Waals surface area contributed by atoms with E-state index in [0.29, 0.717) is 0 Å². The molecule has 3 nitrogen and oxygen atoms in total. The van der Waals surface area contributed by atoms with Gasteiger partial charge in [-0.3, -0.25) is 0 Å². The van der Waals surface area contributed by atoms with E-state index in [2.05, 4.69) is 0 Å². The van der Waals surface area contributed by atoms with Gasteiger partial charge in [0.25, 0.3) is 0 Å². The molecule has 0 aromatic heterocycles. The lowest BCUT2D eigenvalue weighted by molar-refractivity contribution is -0.156. The topological polar surface area (TPSA) is 60.4 Å². The number of carboxylic acids is 1. The zero-order chi connectivity index (χ0) is 17.7. The highest BCUT2D eigenvalue weighted by Crippen LogP contribution is 2.52. The van der Waals surface area contributed by atoms with Gasteiger partial charge in [-0.05, 0) is 0 Å². The molecule has 25 heavy (non-hydrogen) atoms. The van der Waals surface area contributed by atoms with Gasteiger partial charge in [0, 0.05) is 16.7 Å². The summed E-state index contributed by atoms with van der Waals surface area (Å²) in [5.74, 6) is -0.282. The first-order valence-electron chi connectivity index (χ1n) is 7.86. The molecule has 4 heteroatoms. The lowest BCUT2D eigenvalue weighted by Crippen LogP contribution is -2.30. The molecule has 0 radical (unpaired) electrons. The second-order valence-corrected chi connectivity index (χ2v) is 7.18. The first kappa shape index (κ1) is 17.1. The van der Waals surface area contributed by atoms with Crippen molar-refractivity contribution in [3.8, 4) is 0 Å². The van der Waals surface area contributed by atoms with E-state index < -0.39 is 18.9 Å². The standard InChI is InChI=1S/C21H17O3P/c22-20(23)16-25(24)21(17-10-4-1-5-11-17,18-12-6-2-7-13-18)19-14-8-3-9-15-19/h1-16H,(H,22,23). The number of hydrogen-bond acceptors (Lipinski definition) is 2. The number of rotatable bonds is 5. The summed E-state index contributed by atoms with van der Waals surface area (Å²) in [4.78, 5) is 24.7. The van der Waals surface area contributed by atoms with E-state index in [4.69, 9.17) is 0 Å². The Morgan fingerprint density at radius 1 is 0.760 bits per heavy atom. The van der Waals surface area contributed by atoms with E-state index in [1.807, 2.05) is 91.0 Å². The minimum atomic E-state index is -2.27. The third-order valence-electron chi connectivity index (χ3n) is 4.13. The van der Waals surface area contributed by atoms with Gasteiger partial charge >= 0.3 is 5.97 Å². The van der Waals surface area contributed by atoms with Crippen molar-refractivity contribution in [2.24, 2.45) is 0 Å². The van der Waals surface area contributed by atoms with Crippen LogP contribution < -0.4 is 4.89 Å². The van der Waals surface area contributed by atoms with E-state index in [0.717, 1.165) is 22.5 Å². The number of hydrogen-bond donors (Lipinski definition) is 1. The molecule has 0 heterocycles. The van der Waals surface area contributed by atoms with Crippen molar-refractivity contribution in [2.45, 2.75) is 5.16 Å². The number of carbonyl (C=O) groups is 1.